The fraction of sp³-hybridized carbons (Fsp3) is 0.700. The van der Waals surface area contributed by atoms with E-state index in [1.165, 1.54) is 11.9 Å². The number of aliphatic carboxylic acids is 2. The van der Waals surface area contributed by atoms with Crippen molar-refractivity contribution in [3.8, 4) is 0 Å². The molecule has 0 aliphatic heterocycles. The number of nitrogens with zero attached hydrogens (tertiary/aromatic N) is 3. The van der Waals surface area contributed by atoms with Crippen LogP contribution in [0, 0.1) is 0 Å². The summed E-state index contributed by atoms with van der Waals surface area (Å²) in [4.78, 5) is 36.9. The predicted octanol–water partition coefficient (Wildman–Crippen LogP) is -0.929. The highest BCUT2D eigenvalue weighted by molar-refractivity contribution is 5.84. The van der Waals surface area contributed by atoms with Crippen molar-refractivity contribution in [2.24, 2.45) is 0 Å². The predicted molar refractivity (Wildman–Crippen MR) is 63.4 cm³/mol. The van der Waals surface area contributed by atoms with Crippen LogP contribution in [0.3, 0.4) is 0 Å². The van der Waals surface area contributed by atoms with Gasteiger partial charge in [-0.25, -0.2) is 4.79 Å². The Labute approximate surface area is 105 Å². The second-order valence-corrected chi connectivity index (χ2v) is 4.15. The molecular formula is C10H19N3O5. The van der Waals surface area contributed by atoms with Crippen LogP contribution in [-0.4, -0.2) is 90.2 Å². The molecule has 0 aliphatic rings. The lowest BCUT2D eigenvalue weighted by molar-refractivity contribution is -0.140. The van der Waals surface area contributed by atoms with E-state index in [1.807, 2.05) is 19.0 Å². The van der Waals surface area contributed by atoms with Gasteiger partial charge in [0, 0.05) is 20.1 Å². The minimum atomic E-state index is -1.24. The Balaban J connectivity index is 4.52. The molecule has 0 spiro atoms. The first kappa shape index (κ1) is 16.2. The van der Waals surface area contributed by atoms with E-state index >= 15 is 0 Å². The number of likely N-dealkylation sites (N-methyl/N-ethyl adjacent to an activating group) is 2. The summed E-state index contributed by atoms with van der Waals surface area (Å²) in [6.45, 7) is -0.257. The zero-order valence-electron chi connectivity index (χ0n) is 10.8. The second kappa shape index (κ2) is 7.49. The van der Waals surface area contributed by atoms with E-state index in [-0.39, 0.29) is 0 Å². The monoisotopic (exact) mass is 261 g/mol. The molecule has 2 amide bonds. The van der Waals surface area contributed by atoms with Crippen molar-refractivity contribution in [3.63, 3.8) is 0 Å². The quantitative estimate of drug-likeness (QED) is 0.614. The van der Waals surface area contributed by atoms with Gasteiger partial charge in [-0.3, -0.25) is 9.59 Å². The van der Waals surface area contributed by atoms with Gasteiger partial charge >= 0.3 is 18.0 Å². The van der Waals surface area contributed by atoms with Gasteiger partial charge in [0.15, 0.2) is 0 Å². The van der Waals surface area contributed by atoms with Crippen molar-refractivity contribution in [3.05, 3.63) is 0 Å². The Hall–Kier alpha value is -1.83. The van der Waals surface area contributed by atoms with Crippen LogP contribution in [0.2, 0.25) is 0 Å². The number of carbonyl (C=O) groups excluding carboxylic acids is 1. The highest BCUT2D eigenvalue weighted by atomic mass is 16.4. The summed E-state index contributed by atoms with van der Waals surface area (Å²) in [5.41, 5.74) is 0. The fourth-order valence-electron chi connectivity index (χ4n) is 1.20. The molecule has 0 rings (SSSR count). The molecule has 0 saturated carbocycles. The van der Waals surface area contributed by atoms with E-state index in [4.69, 9.17) is 10.2 Å². The SMILES string of the molecule is CN(C)CCN(C)C(=O)N(CC(=O)O)CC(=O)O. The van der Waals surface area contributed by atoms with Gasteiger partial charge < -0.3 is 24.9 Å². The third kappa shape index (κ3) is 6.69. The zero-order valence-corrected chi connectivity index (χ0v) is 10.8. The summed E-state index contributed by atoms with van der Waals surface area (Å²) in [5, 5.41) is 17.3. The molecule has 8 nitrogen and oxygen atoms in total. The van der Waals surface area contributed by atoms with Crippen LogP contribution in [0.15, 0.2) is 0 Å². The maximum atomic E-state index is 11.8. The van der Waals surface area contributed by atoms with Gasteiger partial charge in [-0.1, -0.05) is 0 Å². The smallest absolute Gasteiger partial charge is 0.323 e. The normalized spacial score (nSPS) is 10.2. The largest absolute Gasteiger partial charge is 0.480 e. The third-order valence-electron chi connectivity index (χ3n) is 2.13. The average Bonchev–Trinajstić information content (AvgIpc) is 2.22. The molecule has 0 saturated heterocycles. The van der Waals surface area contributed by atoms with Crippen LogP contribution in [0.4, 0.5) is 4.79 Å². The van der Waals surface area contributed by atoms with Gasteiger partial charge in [0.1, 0.15) is 13.1 Å². The number of amides is 2. The number of rotatable bonds is 7. The summed E-state index contributed by atoms with van der Waals surface area (Å²) in [6, 6.07) is -0.610. The van der Waals surface area contributed by atoms with Crippen molar-refractivity contribution in [2.45, 2.75) is 0 Å². The first-order valence-electron chi connectivity index (χ1n) is 5.32. The minimum Gasteiger partial charge on any atom is -0.480 e. The lowest BCUT2D eigenvalue weighted by atomic mass is 10.4. The number of urea groups is 1. The molecule has 0 radical (unpaired) electrons. The average molecular weight is 261 g/mol. The van der Waals surface area contributed by atoms with Gasteiger partial charge in [0.25, 0.3) is 0 Å². The van der Waals surface area contributed by atoms with Crippen molar-refractivity contribution in [1.29, 1.82) is 0 Å². The van der Waals surface area contributed by atoms with Crippen LogP contribution in [-0.2, 0) is 9.59 Å². The van der Waals surface area contributed by atoms with E-state index < -0.39 is 31.1 Å². The van der Waals surface area contributed by atoms with Gasteiger partial charge in [-0.15, -0.1) is 0 Å². The Morgan fingerprint density at radius 3 is 1.67 bits per heavy atom. The molecule has 8 heteroatoms. The topological polar surface area (TPSA) is 101 Å². The van der Waals surface area contributed by atoms with Gasteiger partial charge in [-0.2, -0.15) is 0 Å². The van der Waals surface area contributed by atoms with Crippen molar-refractivity contribution >= 4 is 18.0 Å². The van der Waals surface area contributed by atoms with Crippen LogP contribution >= 0.6 is 0 Å². The zero-order chi connectivity index (χ0) is 14.3. The van der Waals surface area contributed by atoms with Gasteiger partial charge in [0.05, 0.1) is 0 Å². The van der Waals surface area contributed by atoms with Gasteiger partial charge in [-0.05, 0) is 14.1 Å². The van der Waals surface area contributed by atoms with Crippen LogP contribution in [0.25, 0.3) is 0 Å². The van der Waals surface area contributed by atoms with Crippen LogP contribution in [0.1, 0.15) is 0 Å². The summed E-state index contributed by atoms with van der Waals surface area (Å²) >= 11 is 0. The minimum absolute atomic E-state index is 0.390. The van der Waals surface area contributed by atoms with Crippen LogP contribution < -0.4 is 0 Å². The van der Waals surface area contributed by atoms with E-state index in [9.17, 15) is 14.4 Å². The summed E-state index contributed by atoms with van der Waals surface area (Å²) < 4.78 is 0. The van der Waals surface area contributed by atoms with E-state index in [0.717, 1.165) is 4.90 Å². The molecule has 18 heavy (non-hydrogen) atoms. The molecule has 104 valence electrons. The number of carbonyl (C=O) groups is 3. The molecule has 0 bridgehead atoms. The Bertz CT molecular complexity index is 303. The molecule has 0 aromatic rings. The fourth-order valence-corrected chi connectivity index (χ4v) is 1.20. The highest BCUT2D eigenvalue weighted by Gasteiger charge is 2.22. The molecule has 0 heterocycles. The molecule has 0 aromatic heterocycles. The number of carboxylic acid groups (broad SMARTS) is 2. The Morgan fingerprint density at radius 1 is 0.889 bits per heavy atom. The molecule has 0 atom stereocenters. The first-order chi connectivity index (χ1) is 8.23. The third-order valence-corrected chi connectivity index (χ3v) is 2.13. The summed E-state index contributed by atoms with van der Waals surface area (Å²) in [7, 11) is 5.18. The summed E-state index contributed by atoms with van der Waals surface area (Å²) in [5.74, 6) is -2.49. The van der Waals surface area contributed by atoms with Crippen molar-refractivity contribution in [2.75, 3.05) is 47.3 Å². The van der Waals surface area contributed by atoms with E-state index in [2.05, 4.69) is 0 Å². The molecule has 0 aliphatic carbocycles. The molecular weight excluding hydrogens is 242 g/mol. The standard InChI is InChI=1S/C10H19N3O5/c1-11(2)4-5-12(3)10(18)13(6-8(14)15)7-9(16)17/h4-7H2,1-3H3,(H,14,15)(H,16,17). The maximum Gasteiger partial charge on any atom is 0.323 e. The molecule has 0 fully saturated rings. The highest BCUT2D eigenvalue weighted by Crippen LogP contribution is 1.97. The van der Waals surface area contributed by atoms with Gasteiger partial charge in [0.2, 0.25) is 0 Å². The molecule has 0 aromatic carbocycles. The van der Waals surface area contributed by atoms with Crippen molar-refractivity contribution < 1.29 is 24.6 Å². The lowest BCUT2D eigenvalue weighted by Crippen LogP contribution is -2.47. The van der Waals surface area contributed by atoms with Crippen molar-refractivity contribution in [1.82, 2.24) is 14.7 Å². The van der Waals surface area contributed by atoms with E-state index in [0.29, 0.717) is 13.1 Å². The number of carboxylic acids is 2. The number of hydrogen-bond acceptors (Lipinski definition) is 4. The lowest BCUT2D eigenvalue weighted by Gasteiger charge is -2.26. The maximum absolute atomic E-state index is 11.8. The first-order valence-corrected chi connectivity index (χ1v) is 5.32. The number of hydrogen-bond donors (Lipinski definition) is 2. The Kier molecular flexibility index (Phi) is 6.73. The molecule has 2 N–H and O–H groups in total. The Morgan fingerprint density at radius 2 is 1.33 bits per heavy atom. The summed E-state index contributed by atoms with van der Waals surface area (Å²) in [6.07, 6.45) is 0. The molecule has 0 unspecified atom stereocenters. The second-order valence-electron chi connectivity index (χ2n) is 4.15. The van der Waals surface area contributed by atoms with Crippen LogP contribution in [0.5, 0.6) is 0 Å². The van der Waals surface area contributed by atoms with E-state index in [1.54, 1.807) is 0 Å².